The molecule has 1 amide bonds. The number of hydrogen-bond acceptors (Lipinski definition) is 7. The predicted octanol–water partition coefficient (Wildman–Crippen LogP) is 2.71. The Morgan fingerprint density at radius 3 is 2.54 bits per heavy atom. The van der Waals surface area contributed by atoms with Crippen molar-refractivity contribution in [3.8, 4) is 0 Å². The highest BCUT2D eigenvalue weighted by atomic mass is 32.2. The topological polar surface area (TPSA) is 110 Å². The van der Waals surface area contributed by atoms with Gasteiger partial charge < -0.3 is 18.6 Å². The average molecular weight is 411 g/mol. The van der Waals surface area contributed by atoms with Gasteiger partial charge in [0.05, 0.1) is 29.1 Å². The number of fused-ring (bicyclic) bond motifs is 1. The number of aromatic nitrogens is 1. The number of esters is 1. The molecule has 1 heterocycles. The molecule has 9 nitrogen and oxygen atoms in total. The SMILES string of the molecule is CC(=O)OCCn1cc(N(COS(=O)[O-])C(=O)OC(C)(C)C)c2ccccc21. The van der Waals surface area contributed by atoms with Gasteiger partial charge in [0.15, 0.2) is 0 Å². The van der Waals surface area contributed by atoms with Crippen LogP contribution in [0.15, 0.2) is 30.5 Å². The smallest absolute Gasteiger partial charge is 0.416 e. The number of carbonyl (C=O) groups is 2. The summed E-state index contributed by atoms with van der Waals surface area (Å²) in [4.78, 5) is 24.8. The largest absolute Gasteiger partial charge is 0.750 e. The predicted molar refractivity (Wildman–Crippen MR) is 102 cm³/mol. The lowest BCUT2D eigenvalue weighted by Gasteiger charge is -2.27. The van der Waals surface area contributed by atoms with Gasteiger partial charge in [-0.15, -0.1) is 0 Å². The molecule has 0 fully saturated rings. The van der Waals surface area contributed by atoms with E-state index in [9.17, 15) is 18.4 Å². The highest BCUT2D eigenvalue weighted by Gasteiger charge is 2.26. The number of ether oxygens (including phenoxy) is 2. The summed E-state index contributed by atoms with van der Waals surface area (Å²) in [6, 6.07) is 7.25. The van der Waals surface area contributed by atoms with Crippen LogP contribution in [0, 0.1) is 0 Å². The van der Waals surface area contributed by atoms with Gasteiger partial charge in [0.2, 0.25) is 0 Å². The molecule has 28 heavy (non-hydrogen) atoms. The fourth-order valence-corrected chi connectivity index (χ4v) is 2.74. The molecule has 0 aliphatic carbocycles. The zero-order valence-corrected chi connectivity index (χ0v) is 17.0. The van der Waals surface area contributed by atoms with E-state index in [0.29, 0.717) is 17.6 Å². The normalized spacial score (nSPS) is 12.6. The van der Waals surface area contributed by atoms with Crippen LogP contribution >= 0.6 is 0 Å². The number of para-hydroxylation sites is 1. The van der Waals surface area contributed by atoms with Gasteiger partial charge in [-0.2, -0.15) is 0 Å². The zero-order chi connectivity index (χ0) is 20.9. The van der Waals surface area contributed by atoms with Crippen molar-refractivity contribution in [3.63, 3.8) is 0 Å². The van der Waals surface area contributed by atoms with E-state index >= 15 is 0 Å². The van der Waals surface area contributed by atoms with Gasteiger partial charge in [0, 0.05) is 18.5 Å². The zero-order valence-electron chi connectivity index (χ0n) is 16.2. The molecule has 0 aliphatic rings. The van der Waals surface area contributed by atoms with Gasteiger partial charge in [-0.1, -0.05) is 18.2 Å². The van der Waals surface area contributed by atoms with Crippen LogP contribution in [0.5, 0.6) is 0 Å². The molecule has 0 saturated carbocycles. The van der Waals surface area contributed by atoms with Crippen LogP contribution in [-0.4, -0.2) is 44.3 Å². The van der Waals surface area contributed by atoms with Crippen LogP contribution in [0.3, 0.4) is 0 Å². The highest BCUT2D eigenvalue weighted by molar-refractivity contribution is 7.74. The number of nitrogens with zero attached hydrogens (tertiary/aromatic N) is 2. The second-order valence-corrected chi connectivity index (χ2v) is 7.57. The Morgan fingerprint density at radius 1 is 1.25 bits per heavy atom. The van der Waals surface area contributed by atoms with Crippen molar-refractivity contribution in [3.05, 3.63) is 30.5 Å². The Bertz CT molecular complexity index is 872. The third-order valence-electron chi connectivity index (χ3n) is 3.59. The van der Waals surface area contributed by atoms with Gasteiger partial charge in [0.25, 0.3) is 0 Å². The number of benzene rings is 1. The molecule has 10 heteroatoms. The summed E-state index contributed by atoms with van der Waals surface area (Å²) < 4.78 is 38.5. The van der Waals surface area contributed by atoms with Gasteiger partial charge in [-0.05, 0) is 26.8 Å². The lowest BCUT2D eigenvalue weighted by Crippen LogP contribution is -2.38. The Morgan fingerprint density at radius 2 is 1.93 bits per heavy atom. The first-order chi connectivity index (χ1) is 13.1. The Balaban J connectivity index is 2.41. The standard InChI is InChI=1S/C18H24N2O7S/c1-13(21)25-10-9-19-11-16(14-7-5-6-8-15(14)19)20(12-26-28(23)24)17(22)27-18(2,3)4/h5-8,11H,9-10,12H2,1-4H3,(H,23,24)/p-1. The summed E-state index contributed by atoms with van der Waals surface area (Å²) in [6.07, 6.45) is 0.913. The van der Waals surface area contributed by atoms with Gasteiger partial charge in [-0.3, -0.25) is 13.9 Å². The molecule has 0 aliphatic heterocycles. The molecule has 154 valence electrons. The van der Waals surface area contributed by atoms with E-state index < -0.39 is 35.8 Å². The third kappa shape index (κ3) is 6.04. The maximum atomic E-state index is 12.7. The van der Waals surface area contributed by atoms with E-state index in [1.807, 2.05) is 12.1 Å². The number of hydrogen-bond donors (Lipinski definition) is 0. The van der Waals surface area contributed by atoms with Crippen molar-refractivity contribution < 1.29 is 32.0 Å². The fraction of sp³-hybridized carbons (Fsp3) is 0.444. The fourth-order valence-electron chi connectivity index (χ4n) is 2.55. The maximum Gasteiger partial charge on any atom is 0.416 e. The summed E-state index contributed by atoms with van der Waals surface area (Å²) >= 11 is -2.80. The molecule has 1 aromatic heterocycles. The Kier molecular flexibility index (Phi) is 7.17. The van der Waals surface area contributed by atoms with Crippen molar-refractivity contribution in [1.29, 1.82) is 0 Å². The van der Waals surface area contributed by atoms with Crippen LogP contribution in [0.25, 0.3) is 10.9 Å². The number of rotatable bonds is 7. The molecule has 0 N–H and O–H groups in total. The lowest BCUT2D eigenvalue weighted by atomic mass is 10.2. The summed E-state index contributed by atoms with van der Waals surface area (Å²) in [5.74, 6) is -0.390. The van der Waals surface area contributed by atoms with Gasteiger partial charge in [-0.25, -0.2) is 9.00 Å². The summed E-state index contributed by atoms with van der Waals surface area (Å²) in [6.45, 7) is 6.42. The van der Waals surface area contributed by atoms with Crippen LogP contribution in [-0.2, 0) is 36.4 Å². The molecule has 2 aromatic rings. The molecule has 1 atom stereocenters. The van der Waals surface area contributed by atoms with Crippen molar-refractivity contribution in [2.24, 2.45) is 0 Å². The molecule has 0 radical (unpaired) electrons. The van der Waals surface area contributed by atoms with E-state index in [1.165, 1.54) is 6.92 Å². The maximum absolute atomic E-state index is 12.7. The average Bonchev–Trinajstić information content (AvgIpc) is 2.92. The van der Waals surface area contributed by atoms with Crippen LogP contribution in [0.1, 0.15) is 27.7 Å². The van der Waals surface area contributed by atoms with E-state index in [4.69, 9.17) is 9.47 Å². The first-order valence-corrected chi connectivity index (χ1v) is 9.53. The molecule has 0 spiro atoms. The summed E-state index contributed by atoms with van der Waals surface area (Å²) in [5, 5.41) is 0.691. The minimum Gasteiger partial charge on any atom is -0.750 e. The Hall–Kier alpha value is -2.43. The van der Waals surface area contributed by atoms with E-state index in [2.05, 4.69) is 4.18 Å². The second-order valence-electron chi connectivity index (χ2n) is 6.92. The molecule has 0 saturated heterocycles. The van der Waals surface area contributed by atoms with Crippen molar-refractivity contribution in [1.82, 2.24) is 4.57 Å². The first kappa shape index (κ1) is 21.9. The third-order valence-corrected chi connectivity index (χ3v) is 3.89. The molecule has 1 unspecified atom stereocenters. The second kappa shape index (κ2) is 9.18. The summed E-state index contributed by atoms with van der Waals surface area (Å²) in [7, 11) is 0. The van der Waals surface area contributed by atoms with Crippen LogP contribution in [0.4, 0.5) is 10.5 Å². The van der Waals surface area contributed by atoms with Crippen molar-refractivity contribution in [2.45, 2.75) is 39.8 Å². The minimum atomic E-state index is -2.80. The number of carbonyl (C=O) groups excluding carboxylic acids is 2. The highest BCUT2D eigenvalue weighted by Crippen LogP contribution is 2.30. The minimum absolute atomic E-state index is 0.154. The van der Waals surface area contributed by atoms with Crippen LogP contribution < -0.4 is 4.90 Å². The van der Waals surface area contributed by atoms with Crippen LogP contribution in [0.2, 0.25) is 0 Å². The molecule has 0 bridgehead atoms. The quantitative estimate of drug-likeness (QED) is 0.391. The first-order valence-electron chi connectivity index (χ1n) is 8.53. The van der Waals surface area contributed by atoms with Crippen molar-refractivity contribution >= 4 is 40.0 Å². The molecular formula is C18H23N2O7S-. The summed E-state index contributed by atoms with van der Waals surface area (Å²) in [5.41, 5.74) is 0.416. The number of anilines is 1. The van der Waals surface area contributed by atoms with E-state index in [1.54, 1.807) is 43.7 Å². The van der Waals surface area contributed by atoms with E-state index in [0.717, 1.165) is 10.4 Å². The molecular weight excluding hydrogens is 388 g/mol. The van der Waals surface area contributed by atoms with Gasteiger partial charge >= 0.3 is 12.1 Å². The van der Waals surface area contributed by atoms with Gasteiger partial charge in [0.1, 0.15) is 18.9 Å². The number of amides is 1. The van der Waals surface area contributed by atoms with Crippen molar-refractivity contribution in [2.75, 3.05) is 18.2 Å². The Labute approximate surface area is 165 Å². The monoisotopic (exact) mass is 411 g/mol. The molecule has 1 aromatic carbocycles. The molecule has 2 rings (SSSR count). The van der Waals surface area contributed by atoms with E-state index in [-0.39, 0.29) is 6.61 Å². The lowest BCUT2D eigenvalue weighted by molar-refractivity contribution is -0.141.